The molecule has 2 aromatic rings. The second kappa shape index (κ2) is 11.4. The summed E-state index contributed by atoms with van der Waals surface area (Å²) in [7, 11) is 3.22. The summed E-state index contributed by atoms with van der Waals surface area (Å²) in [5.41, 5.74) is 1.01. The first-order valence-electron chi connectivity index (χ1n) is 13.6. The number of rotatable bonds is 7. The number of benzene rings is 2. The molecule has 3 aliphatic rings. The van der Waals surface area contributed by atoms with Gasteiger partial charge in [0.25, 0.3) is 0 Å². The van der Waals surface area contributed by atoms with E-state index in [4.69, 9.17) is 9.47 Å². The van der Waals surface area contributed by atoms with Gasteiger partial charge in [0, 0.05) is 35.8 Å². The van der Waals surface area contributed by atoms with Crippen molar-refractivity contribution in [3.63, 3.8) is 0 Å². The van der Waals surface area contributed by atoms with Gasteiger partial charge in [0.15, 0.2) is 23.1 Å². The zero-order chi connectivity index (χ0) is 27.6. The lowest BCUT2D eigenvalue weighted by atomic mass is 9.65. The third kappa shape index (κ3) is 5.52. The third-order valence-corrected chi connectivity index (χ3v) is 8.61. The van der Waals surface area contributed by atoms with Gasteiger partial charge in [-0.05, 0) is 81.4 Å². The summed E-state index contributed by atoms with van der Waals surface area (Å²) in [4.78, 5) is 30.5. The number of likely N-dealkylation sites (tertiary alicyclic amines) is 2. The molecule has 8 nitrogen and oxygen atoms in total. The Hall–Kier alpha value is -3.40. The van der Waals surface area contributed by atoms with Crippen molar-refractivity contribution in [1.29, 1.82) is 0 Å². The summed E-state index contributed by atoms with van der Waals surface area (Å²) in [6, 6.07) is 8.46. The first-order valence-corrected chi connectivity index (χ1v) is 13.6. The van der Waals surface area contributed by atoms with Gasteiger partial charge >= 0.3 is 6.03 Å². The second-order valence-corrected chi connectivity index (χ2v) is 10.8. The maximum absolute atomic E-state index is 13.6. The number of ether oxygens (including phenoxy) is 2. The lowest BCUT2D eigenvalue weighted by Gasteiger charge is -2.45. The minimum atomic E-state index is -1.02. The predicted octanol–water partition coefficient (Wildman–Crippen LogP) is 4.29. The van der Waals surface area contributed by atoms with E-state index in [1.54, 1.807) is 14.2 Å². The van der Waals surface area contributed by atoms with Crippen LogP contribution in [0.3, 0.4) is 0 Å². The molecule has 10 heteroatoms. The van der Waals surface area contributed by atoms with E-state index in [9.17, 15) is 18.4 Å². The Morgan fingerprint density at radius 3 is 2.46 bits per heavy atom. The molecule has 0 spiro atoms. The van der Waals surface area contributed by atoms with Gasteiger partial charge in [0.1, 0.15) is 0 Å². The number of amides is 3. The molecule has 2 saturated heterocycles. The summed E-state index contributed by atoms with van der Waals surface area (Å²) in [5, 5.41) is 5.59. The Labute approximate surface area is 227 Å². The van der Waals surface area contributed by atoms with Gasteiger partial charge in [-0.15, -0.1) is 0 Å². The standard InChI is InChI=1S/C29H36F2N4O4/c1-38-24-8-5-19(15-25(24)39-2)29-10-9-21(33-28(37)32-20-6-7-22(30)23(31)16-20)17-26(29)35(14-11-29)27(36)18-34-12-3-4-13-34/h5-8,15-16,21,26H,3-4,9-14,17-18H2,1-2H3,(H2,32,33,37)/t21-,26+,29-/m0/s1. The number of halogens is 2. The van der Waals surface area contributed by atoms with E-state index < -0.39 is 17.7 Å². The summed E-state index contributed by atoms with van der Waals surface area (Å²) in [6.07, 6.45) is 5.13. The van der Waals surface area contributed by atoms with Crippen LogP contribution < -0.4 is 20.1 Å². The number of methoxy groups -OCH3 is 2. The Kier molecular flexibility index (Phi) is 7.93. The smallest absolute Gasteiger partial charge is 0.319 e. The Morgan fingerprint density at radius 1 is 0.974 bits per heavy atom. The lowest BCUT2D eigenvalue weighted by molar-refractivity contribution is -0.134. The summed E-state index contributed by atoms with van der Waals surface area (Å²) in [5.74, 6) is -0.575. The minimum absolute atomic E-state index is 0.104. The molecule has 3 amide bonds. The van der Waals surface area contributed by atoms with Crippen molar-refractivity contribution in [1.82, 2.24) is 15.1 Å². The quantitative estimate of drug-likeness (QED) is 0.546. The molecule has 2 aliphatic heterocycles. The van der Waals surface area contributed by atoms with Crippen molar-refractivity contribution in [2.24, 2.45) is 0 Å². The van der Waals surface area contributed by atoms with Crippen molar-refractivity contribution in [2.45, 2.75) is 56.0 Å². The van der Waals surface area contributed by atoms with Crippen molar-refractivity contribution < 1.29 is 27.8 Å². The monoisotopic (exact) mass is 542 g/mol. The van der Waals surface area contributed by atoms with Crippen LogP contribution in [0.25, 0.3) is 0 Å². The Balaban J connectivity index is 1.36. The van der Waals surface area contributed by atoms with Crippen molar-refractivity contribution in [2.75, 3.05) is 45.7 Å². The molecular weight excluding hydrogens is 506 g/mol. The molecule has 2 heterocycles. The van der Waals surface area contributed by atoms with Crippen LogP contribution in [-0.2, 0) is 10.2 Å². The van der Waals surface area contributed by atoms with Crippen molar-refractivity contribution >= 4 is 17.6 Å². The minimum Gasteiger partial charge on any atom is -0.493 e. The molecule has 5 rings (SSSR count). The number of hydrogen-bond donors (Lipinski definition) is 2. The third-order valence-electron chi connectivity index (χ3n) is 8.61. The van der Waals surface area contributed by atoms with E-state index >= 15 is 0 Å². The van der Waals surface area contributed by atoms with Crippen LogP contribution in [-0.4, -0.2) is 74.2 Å². The fraction of sp³-hybridized carbons (Fsp3) is 0.517. The zero-order valence-electron chi connectivity index (χ0n) is 22.5. The van der Waals surface area contributed by atoms with Crippen LogP contribution in [0.4, 0.5) is 19.3 Å². The van der Waals surface area contributed by atoms with E-state index in [1.807, 2.05) is 17.0 Å². The maximum Gasteiger partial charge on any atom is 0.319 e. The first kappa shape index (κ1) is 27.2. The molecule has 0 radical (unpaired) electrons. The molecule has 0 bridgehead atoms. The summed E-state index contributed by atoms with van der Waals surface area (Å²) < 4.78 is 37.9. The average molecular weight is 543 g/mol. The molecule has 2 N–H and O–H groups in total. The van der Waals surface area contributed by atoms with Crippen LogP contribution >= 0.6 is 0 Å². The number of hydrogen-bond acceptors (Lipinski definition) is 5. The number of carbonyl (C=O) groups is 2. The molecule has 0 unspecified atom stereocenters. The van der Waals surface area contributed by atoms with Gasteiger partial charge in [0.05, 0.1) is 20.8 Å². The molecule has 3 atom stereocenters. The number of nitrogens with zero attached hydrogens (tertiary/aromatic N) is 2. The van der Waals surface area contributed by atoms with Crippen LogP contribution in [0, 0.1) is 11.6 Å². The number of fused-ring (bicyclic) bond motifs is 1. The highest BCUT2D eigenvalue weighted by molar-refractivity contribution is 5.89. The fourth-order valence-corrected chi connectivity index (χ4v) is 6.61. The Morgan fingerprint density at radius 2 is 1.74 bits per heavy atom. The SMILES string of the molecule is COc1ccc([C@@]23CC[C@H](NC(=O)Nc4ccc(F)c(F)c4)C[C@H]2N(C(=O)CN2CCCC2)CC3)cc1OC. The highest BCUT2D eigenvalue weighted by Crippen LogP contribution is 2.50. The molecule has 3 fully saturated rings. The normalized spacial score (nSPS) is 24.8. The second-order valence-electron chi connectivity index (χ2n) is 10.8. The lowest BCUT2D eigenvalue weighted by Crippen LogP contribution is -2.55. The van der Waals surface area contributed by atoms with Gasteiger partial charge in [-0.3, -0.25) is 9.69 Å². The largest absolute Gasteiger partial charge is 0.493 e. The molecule has 210 valence electrons. The summed E-state index contributed by atoms with van der Waals surface area (Å²) >= 11 is 0. The molecule has 1 aliphatic carbocycles. The molecule has 0 aromatic heterocycles. The average Bonchev–Trinajstić information content (AvgIpc) is 3.58. The van der Waals surface area contributed by atoms with Gasteiger partial charge in [-0.2, -0.15) is 0 Å². The number of carbonyl (C=O) groups excluding carboxylic acids is 2. The van der Waals surface area contributed by atoms with Crippen LogP contribution in [0.2, 0.25) is 0 Å². The fourth-order valence-electron chi connectivity index (χ4n) is 6.61. The molecule has 1 saturated carbocycles. The van der Waals surface area contributed by atoms with E-state index in [0.717, 1.165) is 56.5 Å². The summed E-state index contributed by atoms with van der Waals surface area (Å²) in [6.45, 7) is 2.95. The highest BCUT2D eigenvalue weighted by Gasteiger charge is 2.53. The maximum atomic E-state index is 13.6. The van der Waals surface area contributed by atoms with E-state index in [-0.39, 0.29) is 29.1 Å². The topological polar surface area (TPSA) is 83.1 Å². The van der Waals surface area contributed by atoms with Crippen LogP contribution in [0.15, 0.2) is 36.4 Å². The van der Waals surface area contributed by atoms with E-state index in [0.29, 0.717) is 37.4 Å². The number of nitrogens with one attached hydrogen (secondary N) is 2. The first-order chi connectivity index (χ1) is 18.8. The van der Waals surface area contributed by atoms with Crippen molar-refractivity contribution in [3.05, 3.63) is 53.6 Å². The number of urea groups is 1. The van der Waals surface area contributed by atoms with Crippen LogP contribution in [0.5, 0.6) is 11.5 Å². The van der Waals surface area contributed by atoms with Crippen LogP contribution in [0.1, 0.15) is 44.1 Å². The zero-order valence-corrected chi connectivity index (χ0v) is 22.5. The van der Waals surface area contributed by atoms with Gasteiger partial charge in [0.2, 0.25) is 5.91 Å². The molecular formula is C29H36F2N4O4. The molecule has 39 heavy (non-hydrogen) atoms. The predicted molar refractivity (Wildman–Crippen MR) is 143 cm³/mol. The highest BCUT2D eigenvalue weighted by atomic mass is 19.2. The molecule has 2 aromatic carbocycles. The van der Waals surface area contributed by atoms with Crippen molar-refractivity contribution in [3.8, 4) is 11.5 Å². The van der Waals surface area contributed by atoms with E-state index in [1.165, 1.54) is 6.07 Å². The Bertz CT molecular complexity index is 1220. The van der Waals surface area contributed by atoms with Gasteiger partial charge < -0.3 is 25.0 Å². The van der Waals surface area contributed by atoms with Gasteiger partial charge in [-0.1, -0.05) is 6.07 Å². The van der Waals surface area contributed by atoms with Gasteiger partial charge in [-0.25, -0.2) is 13.6 Å². The van der Waals surface area contributed by atoms with E-state index in [2.05, 4.69) is 21.6 Å². The number of anilines is 1.